The number of nitrogens with zero attached hydrogens (tertiary/aromatic N) is 1. The molecule has 0 spiro atoms. The summed E-state index contributed by atoms with van der Waals surface area (Å²) in [7, 11) is 2.19. The molecule has 1 nitrogen and oxygen atoms in total. The summed E-state index contributed by atoms with van der Waals surface area (Å²) in [5.74, 6) is 0. The van der Waals surface area contributed by atoms with E-state index in [9.17, 15) is 0 Å². The van der Waals surface area contributed by atoms with Gasteiger partial charge in [-0.3, -0.25) is 0 Å². The zero-order chi connectivity index (χ0) is 26.4. The minimum atomic E-state index is 1.02. The molecule has 0 radical (unpaired) electrons. The first-order valence-electron chi connectivity index (χ1n) is 14.2. The summed E-state index contributed by atoms with van der Waals surface area (Å²) in [5.41, 5.74) is 18.9. The lowest BCUT2D eigenvalue weighted by molar-refractivity contribution is 1.01. The molecule has 0 fully saturated rings. The number of fused-ring (bicyclic) bond motifs is 9. The van der Waals surface area contributed by atoms with Crippen molar-refractivity contribution in [1.82, 2.24) is 4.57 Å². The van der Waals surface area contributed by atoms with Crippen molar-refractivity contribution in [3.8, 4) is 44.5 Å². The Labute approximate surface area is 234 Å². The molecule has 9 rings (SSSR count). The Morgan fingerprint density at radius 3 is 1.82 bits per heavy atom. The molecule has 6 aromatic carbocycles. The van der Waals surface area contributed by atoms with Crippen LogP contribution in [0.15, 0.2) is 121 Å². The zero-order valence-corrected chi connectivity index (χ0v) is 22.4. The van der Waals surface area contributed by atoms with Crippen LogP contribution in [0.3, 0.4) is 0 Å². The largest absolute Gasteiger partial charge is 0.344 e. The average molecular weight is 510 g/mol. The van der Waals surface area contributed by atoms with Gasteiger partial charge in [-0.05, 0) is 104 Å². The monoisotopic (exact) mass is 509 g/mol. The third-order valence-electron chi connectivity index (χ3n) is 9.27. The quantitative estimate of drug-likeness (QED) is 0.219. The van der Waals surface area contributed by atoms with Crippen molar-refractivity contribution < 1.29 is 0 Å². The van der Waals surface area contributed by atoms with E-state index >= 15 is 0 Å². The van der Waals surface area contributed by atoms with E-state index in [4.69, 9.17) is 0 Å². The SMILES string of the molecule is Cn1c2ccc(-c3ccc4c(c3)Cc3ccccc3-4)cc2c2ccc(-c3ccc4c(c3)-c3ccccc3C4)cc21. The third-order valence-corrected chi connectivity index (χ3v) is 9.27. The first kappa shape index (κ1) is 22.0. The molecule has 40 heavy (non-hydrogen) atoms. The minimum Gasteiger partial charge on any atom is -0.344 e. The first-order chi connectivity index (χ1) is 19.7. The van der Waals surface area contributed by atoms with E-state index < -0.39 is 0 Å². The molecule has 0 unspecified atom stereocenters. The van der Waals surface area contributed by atoms with Crippen LogP contribution in [0.25, 0.3) is 66.3 Å². The fourth-order valence-corrected chi connectivity index (χ4v) is 7.20. The molecule has 7 aromatic rings. The third kappa shape index (κ3) is 3.09. The molecule has 1 aromatic heterocycles. The van der Waals surface area contributed by atoms with Gasteiger partial charge in [-0.2, -0.15) is 0 Å². The summed E-state index contributed by atoms with van der Waals surface area (Å²) in [4.78, 5) is 0. The highest BCUT2D eigenvalue weighted by atomic mass is 14.9. The predicted molar refractivity (Wildman–Crippen MR) is 168 cm³/mol. The van der Waals surface area contributed by atoms with Crippen LogP contribution < -0.4 is 0 Å². The van der Waals surface area contributed by atoms with Crippen molar-refractivity contribution in [3.63, 3.8) is 0 Å². The Morgan fingerprint density at radius 2 is 0.975 bits per heavy atom. The molecule has 0 N–H and O–H groups in total. The smallest absolute Gasteiger partial charge is 0.0494 e. The highest BCUT2D eigenvalue weighted by molar-refractivity contribution is 6.10. The maximum Gasteiger partial charge on any atom is 0.0494 e. The molecule has 0 saturated carbocycles. The van der Waals surface area contributed by atoms with Crippen LogP contribution in [0.5, 0.6) is 0 Å². The fraction of sp³-hybridized carbons (Fsp3) is 0.0769. The van der Waals surface area contributed by atoms with E-state index in [0.29, 0.717) is 0 Å². The zero-order valence-electron chi connectivity index (χ0n) is 22.4. The molecular weight excluding hydrogens is 482 g/mol. The second kappa shape index (κ2) is 8.07. The van der Waals surface area contributed by atoms with E-state index in [0.717, 1.165) is 12.8 Å². The molecular formula is C39H27N. The molecule has 0 saturated heterocycles. The number of aromatic nitrogens is 1. The van der Waals surface area contributed by atoms with Crippen molar-refractivity contribution in [1.29, 1.82) is 0 Å². The molecule has 0 atom stereocenters. The summed E-state index contributed by atoms with van der Waals surface area (Å²) in [6.07, 6.45) is 2.06. The van der Waals surface area contributed by atoms with Crippen molar-refractivity contribution in [2.45, 2.75) is 12.8 Å². The number of rotatable bonds is 2. The molecule has 1 heteroatoms. The molecule has 188 valence electrons. The van der Waals surface area contributed by atoms with Crippen molar-refractivity contribution in [3.05, 3.63) is 144 Å². The Balaban J connectivity index is 1.13. The average Bonchev–Trinajstić information content (AvgIpc) is 3.65. The molecule has 0 amide bonds. The number of hydrogen-bond donors (Lipinski definition) is 0. The van der Waals surface area contributed by atoms with Crippen LogP contribution in [0.1, 0.15) is 22.3 Å². The Bertz CT molecular complexity index is 2170. The number of aryl methyl sites for hydroxylation is 1. The van der Waals surface area contributed by atoms with Crippen LogP contribution in [-0.2, 0) is 19.9 Å². The lowest BCUT2D eigenvalue weighted by Crippen LogP contribution is -1.88. The van der Waals surface area contributed by atoms with E-state index in [1.54, 1.807) is 0 Å². The van der Waals surface area contributed by atoms with Crippen molar-refractivity contribution >= 4 is 21.8 Å². The van der Waals surface area contributed by atoms with Crippen LogP contribution >= 0.6 is 0 Å². The Kier molecular flexibility index (Phi) is 4.43. The number of benzene rings is 6. The highest BCUT2D eigenvalue weighted by Gasteiger charge is 2.20. The van der Waals surface area contributed by atoms with Gasteiger partial charge in [0, 0.05) is 28.9 Å². The summed E-state index contributed by atoms with van der Waals surface area (Å²) in [5, 5.41) is 2.62. The minimum absolute atomic E-state index is 1.02. The Hall–Kier alpha value is -4.88. The van der Waals surface area contributed by atoms with Crippen LogP contribution in [0.2, 0.25) is 0 Å². The van der Waals surface area contributed by atoms with Gasteiger partial charge in [-0.15, -0.1) is 0 Å². The topological polar surface area (TPSA) is 4.93 Å². The van der Waals surface area contributed by atoms with Gasteiger partial charge in [0.1, 0.15) is 0 Å². The van der Waals surface area contributed by atoms with E-state index in [-0.39, 0.29) is 0 Å². The van der Waals surface area contributed by atoms with Gasteiger partial charge < -0.3 is 4.57 Å². The van der Waals surface area contributed by atoms with Gasteiger partial charge in [0.05, 0.1) is 0 Å². The van der Waals surface area contributed by atoms with Gasteiger partial charge in [0.25, 0.3) is 0 Å². The van der Waals surface area contributed by atoms with Crippen molar-refractivity contribution in [2.75, 3.05) is 0 Å². The first-order valence-corrected chi connectivity index (χ1v) is 14.2. The van der Waals surface area contributed by atoms with Crippen LogP contribution in [0, 0.1) is 0 Å². The molecule has 0 aliphatic heterocycles. The second-order valence-electron chi connectivity index (χ2n) is 11.4. The maximum absolute atomic E-state index is 2.39. The lowest BCUT2D eigenvalue weighted by Gasteiger charge is -2.07. The van der Waals surface area contributed by atoms with Gasteiger partial charge in [-0.25, -0.2) is 0 Å². The normalized spacial score (nSPS) is 12.9. The molecule has 2 aliphatic rings. The van der Waals surface area contributed by atoms with Crippen LogP contribution in [0.4, 0.5) is 0 Å². The lowest BCUT2D eigenvalue weighted by atomic mass is 9.96. The maximum atomic E-state index is 2.39. The standard InChI is InChI=1S/C39H27N/c1-40-38-17-14-26(24-12-15-34-31(18-24)20-29-7-2-4-8-32(29)34)22-37(38)35-16-13-27(23-39(35)40)25-10-11-30-19-28-6-3-5-9-33(28)36(30)21-25/h2-18,21-23H,19-20H2,1H3. The van der Waals surface area contributed by atoms with Gasteiger partial charge >= 0.3 is 0 Å². The van der Waals surface area contributed by atoms with Gasteiger partial charge in [0.15, 0.2) is 0 Å². The second-order valence-corrected chi connectivity index (χ2v) is 11.4. The predicted octanol–water partition coefficient (Wildman–Crippen LogP) is 9.81. The Morgan fingerprint density at radius 1 is 0.400 bits per heavy atom. The molecule has 0 bridgehead atoms. The fourth-order valence-electron chi connectivity index (χ4n) is 7.20. The molecule has 2 aliphatic carbocycles. The van der Waals surface area contributed by atoms with Crippen LogP contribution in [-0.4, -0.2) is 4.57 Å². The highest BCUT2D eigenvalue weighted by Crippen LogP contribution is 2.41. The molecule has 1 heterocycles. The summed E-state index contributed by atoms with van der Waals surface area (Å²) in [6, 6.07) is 45.5. The van der Waals surface area contributed by atoms with Gasteiger partial charge in [-0.1, -0.05) is 97.1 Å². The van der Waals surface area contributed by atoms with Gasteiger partial charge in [0.2, 0.25) is 0 Å². The summed E-state index contributed by atoms with van der Waals surface area (Å²) in [6.45, 7) is 0. The van der Waals surface area contributed by atoms with E-state index in [2.05, 4.69) is 133 Å². The van der Waals surface area contributed by atoms with E-state index in [1.807, 2.05) is 0 Å². The number of hydrogen-bond acceptors (Lipinski definition) is 0. The van der Waals surface area contributed by atoms with E-state index in [1.165, 1.54) is 88.6 Å². The van der Waals surface area contributed by atoms with Crippen molar-refractivity contribution in [2.24, 2.45) is 7.05 Å². The summed E-state index contributed by atoms with van der Waals surface area (Å²) >= 11 is 0. The summed E-state index contributed by atoms with van der Waals surface area (Å²) < 4.78 is 2.35.